The Morgan fingerprint density at radius 1 is 1.53 bits per heavy atom. The number of halogens is 1. The molecule has 94 valence electrons. The summed E-state index contributed by atoms with van der Waals surface area (Å²) in [5, 5.41) is 8.35. The molecule has 0 atom stereocenters. The fourth-order valence-electron chi connectivity index (χ4n) is 1.31. The van der Waals surface area contributed by atoms with Gasteiger partial charge in [-0.25, -0.2) is 13.1 Å². The van der Waals surface area contributed by atoms with Crippen molar-refractivity contribution in [2.45, 2.75) is 31.1 Å². The standard InChI is InChI=1S/C10H13BrN2O2S2/c1-8-9(7-10(11)16-8)17(14,15)13-6-4-2-3-5-12/h7,13H,2-4,6H2,1H3. The summed E-state index contributed by atoms with van der Waals surface area (Å²) in [6, 6.07) is 3.64. The Hall–Kier alpha value is -0.420. The molecule has 1 heterocycles. The van der Waals surface area contributed by atoms with Gasteiger partial charge in [0.1, 0.15) is 0 Å². The number of unbranched alkanes of at least 4 members (excludes halogenated alkanes) is 2. The van der Waals surface area contributed by atoms with Crippen LogP contribution in [0.5, 0.6) is 0 Å². The van der Waals surface area contributed by atoms with Crippen molar-refractivity contribution in [2.75, 3.05) is 6.54 Å². The number of aryl methyl sites for hydroxylation is 1. The SMILES string of the molecule is Cc1sc(Br)cc1S(=O)(=O)NCCCCC#N. The molecule has 0 saturated heterocycles. The van der Waals surface area contributed by atoms with Crippen molar-refractivity contribution in [3.8, 4) is 6.07 Å². The number of thiophene rings is 1. The molecule has 4 nitrogen and oxygen atoms in total. The second-order valence-electron chi connectivity index (χ2n) is 3.48. The average Bonchev–Trinajstić information content (AvgIpc) is 2.58. The fraction of sp³-hybridized carbons (Fsp3) is 0.500. The predicted octanol–water partition coefficient (Wildman–Crippen LogP) is 2.79. The van der Waals surface area contributed by atoms with Gasteiger partial charge in [0.2, 0.25) is 10.0 Å². The molecule has 1 rings (SSSR count). The molecule has 0 fully saturated rings. The molecule has 0 amide bonds. The first-order valence-corrected chi connectivity index (χ1v) is 8.19. The molecule has 17 heavy (non-hydrogen) atoms. The zero-order valence-corrected chi connectivity index (χ0v) is 12.6. The maximum absolute atomic E-state index is 11.9. The molecule has 1 aromatic rings. The Morgan fingerprint density at radius 3 is 2.76 bits per heavy atom. The van der Waals surface area contributed by atoms with Gasteiger partial charge in [0.15, 0.2) is 0 Å². The van der Waals surface area contributed by atoms with E-state index in [2.05, 4.69) is 20.7 Å². The normalized spacial score (nSPS) is 11.4. The van der Waals surface area contributed by atoms with Crippen LogP contribution in [-0.2, 0) is 10.0 Å². The van der Waals surface area contributed by atoms with Crippen LogP contribution in [0.25, 0.3) is 0 Å². The van der Waals surface area contributed by atoms with Gasteiger partial charge < -0.3 is 0 Å². The van der Waals surface area contributed by atoms with E-state index in [1.807, 2.05) is 6.07 Å². The van der Waals surface area contributed by atoms with Gasteiger partial charge in [-0.1, -0.05) is 0 Å². The predicted molar refractivity (Wildman–Crippen MR) is 71.4 cm³/mol. The minimum absolute atomic E-state index is 0.328. The molecule has 1 N–H and O–H groups in total. The summed E-state index contributed by atoms with van der Waals surface area (Å²) in [4.78, 5) is 1.09. The fourth-order valence-corrected chi connectivity index (χ4v) is 4.80. The van der Waals surface area contributed by atoms with E-state index >= 15 is 0 Å². The number of nitrogens with one attached hydrogen (secondary N) is 1. The van der Waals surface area contributed by atoms with Gasteiger partial charge in [-0.05, 0) is 41.8 Å². The van der Waals surface area contributed by atoms with Crippen LogP contribution in [0.4, 0.5) is 0 Å². The largest absolute Gasteiger partial charge is 0.241 e. The highest BCUT2D eigenvalue weighted by Gasteiger charge is 2.18. The Kier molecular flexibility index (Phi) is 5.59. The van der Waals surface area contributed by atoms with E-state index in [0.29, 0.717) is 30.7 Å². The van der Waals surface area contributed by atoms with Crippen LogP contribution < -0.4 is 4.72 Å². The van der Waals surface area contributed by atoms with Crippen LogP contribution in [0.15, 0.2) is 14.7 Å². The molecular formula is C10H13BrN2O2S2. The smallest absolute Gasteiger partial charge is 0.211 e. The molecule has 0 radical (unpaired) electrons. The van der Waals surface area contributed by atoms with Crippen molar-refractivity contribution in [1.29, 1.82) is 5.26 Å². The highest BCUT2D eigenvalue weighted by Crippen LogP contribution is 2.29. The quantitative estimate of drug-likeness (QED) is 0.812. The molecule has 0 saturated carbocycles. The molecule has 0 aliphatic rings. The van der Waals surface area contributed by atoms with E-state index < -0.39 is 10.0 Å². The third-order valence-electron chi connectivity index (χ3n) is 2.14. The summed E-state index contributed by atoms with van der Waals surface area (Å²) < 4.78 is 27.2. The number of hydrogen-bond acceptors (Lipinski definition) is 4. The Balaban J connectivity index is 2.58. The van der Waals surface area contributed by atoms with Gasteiger partial charge in [-0.2, -0.15) is 5.26 Å². The number of nitriles is 1. The van der Waals surface area contributed by atoms with Gasteiger partial charge >= 0.3 is 0 Å². The highest BCUT2D eigenvalue weighted by atomic mass is 79.9. The average molecular weight is 337 g/mol. The zero-order chi connectivity index (χ0) is 12.9. The van der Waals surface area contributed by atoms with Crippen LogP contribution in [0, 0.1) is 18.3 Å². The van der Waals surface area contributed by atoms with Crippen molar-refractivity contribution in [2.24, 2.45) is 0 Å². The van der Waals surface area contributed by atoms with E-state index in [9.17, 15) is 8.42 Å². The summed E-state index contributed by atoms with van der Waals surface area (Å²) in [5.74, 6) is 0. The van der Waals surface area contributed by atoms with Crippen LogP contribution in [-0.4, -0.2) is 15.0 Å². The molecular weight excluding hydrogens is 324 g/mol. The van der Waals surface area contributed by atoms with Crippen molar-refractivity contribution in [1.82, 2.24) is 4.72 Å². The lowest BCUT2D eigenvalue weighted by atomic mass is 10.2. The first kappa shape index (κ1) is 14.6. The summed E-state index contributed by atoms with van der Waals surface area (Å²) in [7, 11) is -3.41. The van der Waals surface area contributed by atoms with Crippen LogP contribution in [0.3, 0.4) is 0 Å². The van der Waals surface area contributed by atoms with Gasteiger partial charge in [0.05, 0.1) is 14.8 Å². The lowest BCUT2D eigenvalue weighted by Gasteiger charge is -2.05. The number of hydrogen-bond donors (Lipinski definition) is 1. The second kappa shape index (κ2) is 6.50. The number of sulfonamides is 1. The lowest BCUT2D eigenvalue weighted by Crippen LogP contribution is -2.24. The third kappa shape index (κ3) is 4.39. The molecule has 7 heteroatoms. The summed E-state index contributed by atoms with van der Waals surface area (Å²) >= 11 is 4.67. The minimum atomic E-state index is -3.41. The topological polar surface area (TPSA) is 70.0 Å². The van der Waals surface area contributed by atoms with E-state index in [0.717, 1.165) is 8.66 Å². The van der Waals surface area contributed by atoms with Crippen molar-refractivity contribution >= 4 is 37.3 Å². The molecule has 0 aliphatic heterocycles. The second-order valence-corrected chi connectivity index (χ2v) is 7.85. The number of nitrogens with zero attached hydrogens (tertiary/aromatic N) is 1. The first-order valence-electron chi connectivity index (χ1n) is 5.10. The van der Waals surface area contributed by atoms with Gasteiger partial charge in [-0.15, -0.1) is 11.3 Å². The molecule has 1 aromatic heterocycles. The number of rotatable bonds is 6. The van der Waals surface area contributed by atoms with Gasteiger partial charge in [0.25, 0.3) is 0 Å². The highest BCUT2D eigenvalue weighted by molar-refractivity contribution is 9.11. The summed E-state index contributed by atoms with van der Waals surface area (Å²) in [6.07, 6.45) is 1.85. The summed E-state index contributed by atoms with van der Waals surface area (Å²) in [6.45, 7) is 2.15. The maximum atomic E-state index is 11.9. The molecule has 0 aliphatic carbocycles. The minimum Gasteiger partial charge on any atom is -0.211 e. The molecule has 0 aromatic carbocycles. The van der Waals surface area contributed by atoms with E-state index in [-0.39, 0.29) is 0 Å². The Bertz CT molecular complexity index is 517. The van der Waals surface area contributed by atoms with E-state index in [1.165, 1.54) is 11.3 Å². The van der Waals surface area contributed by atoms with Crippen molar-refractivity contribution < 1.29 is 8.42 Å². The Morgan fingerprint density at radius 2 is 2.24 bits per heavy atom. The van der Waals surface area contributed by atoms with E-state index in [4.69, 9.17) is 5.26 Å². The van der Waals surface area contributed by atoms with Gasteiger partial charge in [-0.3, -0.25) is 0 Å². The van der Waals surface area contributed by atoms with Crippen LogP contribution >= 0.6 is 27.3 Å². The molecule has 0 spiro atoms. The lowest BCUT2D eigenvalue weighted by molar-refractivity contribution is 0.577. The van der Waals surface area contributed by atoms with Crippen LogP contribution in [0.1, 0.15) is 24.1 Å². The van der Waals surface area contributed by atoms with Crippen molar-refractivity contribution in [3.05, 3.63) is 14.7 Å². The maximum Gasteiger partial charge on any atom is 0.241 e. The Labute approximate surface area is 114 Å². The molecule has 0 unspecified atom stereocenters. The van der Waals surface area contributed by atoms with Crippen molar-refractivity contribution in [3.63, 3.8) is 0 Å². The van der Waals surface area contributed by atoms with Crippen LogP contribution in [0.2, 0.25) is 0 Å². The summed E-state index contributed by atoms with van der Waals surface area (Å²) in [5.41, 5.74) is 0. The third-order valence-corrected chi connectivity index (χ3v) is 5.41. The first-order chi connectivity index (χ1) is 7.97. The molecule has 0 bridgehead atoms. The van der Waals surface area contributed by atoms with E-state index in [1.54, 1.807) is 13.0 Å². The monoisotopic (exact) mass is 336 g/mol. The zero-order valence-electron chi connectivity index (χ0n) is 9.36. The van der Waals surface area contributed by atoms with Gasteiger partial charge in [0, 0.05) is 17.8 Å².